The van der Waals surface area contributed by atoms with Gasteiger partial charge in [-0.3, -0.25) is 14.4 Å². The lowest BCUT2D eigenvalue weighted by Gasteiger charge is -2.33. The number of hydrogen-bond donors (Lipinski definition) is 1. The van der Waals surface area contributed by atoms with Gasteiger partial charge in [-0.2, -0.15) is 23.4 Å². The number of carbonyl (C=O) groups is 2. The van der Waals surface area contributed by atoms with Gasteiger partial charge in [-0.25, -0.2) is 9.48 Å². The van der Waals surface area contributed by atoms with E-state index in [-0.39, 0.29) is 24.3 Å². The summed E-state index contributed by atoms with van der Waals surface area (Å²) in [7, 11) is 0. The van der Waals surface area contributed by atoms with Crippen LogP contribution in [0.1, 0.15) is 41.5 Å². The molecule has 2 aromatic heterocycles. The number of aliphatic carboxylic acids is 1. The highest BCUT2D eigenvalue weighted by Crippen LogP contribution is 2.39. The standard InChI is InChI=1S/C15H16F3N5O3/c1-8-5-12-21(4-3-11(15(16,17)18)23(12)20-8)13(24)10-6-19-22(7-10)9(2)14(25)26/h5-7,9,11H,3-4H2,1-2H3,(H,25,26). The Morgan fingerprint density at radius 2 is 2.08 bits per heavy atom. The number of amides is 1. The summed E-state index contributed by atoms with van der Waals surface area (Å²) in [6, 6.07) is -1.34. The lowest BCUT2D eigenvalue weighted by Crippen LogP contribution is -2.43. The van der Waals surface area contributed by atoms with Gasteiger partial charge < -0.3 is 5.11 Å². The van der Waals surface area contributed by atoms with E-state index in [1.165, 1.54) is 30.3 Å². The first kappa shape index (κ1) is 18.0. The summed E-state index contributed by atoms with van der Waals surface area (Å²) in [5.41, 5.74) is 0.457. The van der Waals surface area contributed by atoms with E-state index < -0.39 is 30.1 Å². The Morgan fingerprint density at radius 1 is 1.38 bits per heavy atom. The van der Waals surface area contributed by atoms with Crippen molar-refractivity contribution >= 4 is 17.7 Å². The van der Waals surface area contributed by atoms with E-state index in [1.807, 2.05) is 0 Å². The maximum Gasteiger partial charge on any atom is 0.410 e. The number of carbonyl (C=O) groups excluding carboxylic acids is 1. The van der Waals surface area contributed by atoms with E-state index in [4.69, 9.17) is 5.11 Å². The number of halogens is 3. The Hall–Kier alpha value is -2.85. The second kappa shape index (κ2) is 6.15. The van der Waals surface area contributed by atoms with Crippen LogP contribution in [0.5, 0.6) is 0 Å². The molecule has 8 nitrogen and oxygen atoms in total. The molecule has 0 saturated heterocycles. The van der Waals surface area contributed by atoms with Gasteiger partial charge in [0, 0.05) is 18.8 Å². The smallest absolute Gasteiger partial charge is 0.410 e. The maximum atomic E-state index is 13.2. The van der Waals surface area contributed by atoms with Crippen LogP contribution >= 0.6 is 0 Å². The summed E-state index contributed by atoms with van der Waals surface area (Å²) < 4.78 is 41.6. The molecule has 0 bridgehead atoms. The number of rotatable bonds is 3. The predicted octanol–water partition coefficient (Wildman–Crippen LogP) is 2.19. The summed E-state index contributed by atoms with van der Waals surface area (Å²) in [4.78, 5) is 24.9. The Bertz CT molecular complexity index is 857. The molecule has 0 aliphatic carbocycles. The topological polar surface area (TPSA) is 93.3 Å². The van der Waals surface area contributed by atoms with Crippen molar-refractivity contribution in [2.75, 3.05) is 11.4 Å². The molecule has 3 heterocycles. The second-order valence-electron chi connectivity index (χ2n) is 6.11. The fraction of sp³-hybridized carbons (Fsp3) is 0.467. The van der Waals surface area contributed by atoms with Crippen LogP contribution in [0.2, 0.25) is 0 Å². The molecule has 2 aromatic rings. The van der Waals surface area contributed by atoms with Crippen molar-refractivity contribution in [2.24, 2.45) is 0 Å². The van der Waals surface area contributed by atoms with Crippen LogP contribution in [0.4, 0.5) is 19.0 Å². The first-order valence-electron chi connectivity index (χ1n) is 7.81. The molecular weight excluding hydrogens is 355 g/mol. The van der Waals surface area contributed by atoms with Crippen molar-refractivity contribution in [3.8, 4) is 0 Å². The number of fused-ring (bicyclic) bond motifs is 1. The highest BCUT2D eigenvalue weighted by atomic mass is 19.4. The van der Waals surface area contributed by atoms with Gasteiger partial charge in [0.1, 0.15) is 11.9 Å². The first-order chi connectivity index (χ1) is 12.1. The number of carboxylic acids is 1. The molecule has 0 spiro atoms. The largest absolute Gasteiger partial charge is 0.480 e. The van der Waals surface area contributed by atoms with Gasteiger partial charge in [0.15, 0.2) is 6.04 Å². The molecule has 3 rings (SSSR count). The highest BCUT2D eigenvalue weighted by molar-refractivity contribution is 6.05. The molecule has 1 aliphatic heterocycles. The van der Waals surface area contributed by atoms with Crippen LogP contribution in [-0.2, 0) is 4.79 Å². The quantitative estimate of drug-likeness (QED) is 0.893. The SMILES string of the molecule is Cc1cc2n(n1)C(C(F)(F)F)CCN2C(=O)c1cnn(C(C)C(=O)O)c1. The van der Waals surface area contributed by atoms with Gasteiger partial charge in [0.2, 0.25) is 0 Å². The van der Waals surface area contributed by atoms with E-state index in [0.29, 0.717) is 5.69 Å². The number of anilines is 1. The van der Waals surface area contributed by atoms with Crippen molar-refractivity contribution in [1.29, 1.82) is 0 Å². The molecule has 1 N–H and O–H groups in total. The maximum absolute atomic E-state index is 13.2. The summed E-state index contributed by atoms with van der Waals surface area (Å²) in [6.45, 7) is 2.82. The molecule has 140 valence electrons. The molecule has 1 aliphatic rings. The Kier molecular flexibility index (Phi) is 4.24. The van der Waals surface area contributed by atoms with Gasteiger partial charge in [0.05, 0.1) is 17.5 Å². The minimum absolute atomic E-state index is 0.0557. The van der Waals surface area contributed by atoms with Crippen molar-refractivity contribution in [3.63, 3.8) is 0 Å². The number of alkyl halides is 3. The Morgan fingerprint density at radius 3 is 2.69 bits per heavy atom. The van der Waals surface area contributed by atoms with Crippen LogP contribution in [0.25, 0.3) is 0 Å². The van der Waals surface area contributed by atoms with Crippen molar-refractivity contribution < 1.29 is 27.9 Å². The predicted molar refractivity (Wildman–Crippen MR) is 82.9 cm³/mol. The molecule has 2 atom stereocenters. The van der Waals surface area contributed by atoms with Crippen LogP contribution in [0.15, 0.2) is 18.5 Å². The molecule has 11 heteroatoms. The molecule has 2 unspecified atom stereocenters. The molecule has 0 radical (unpaired) electrons. The van der Waals surface area contributed by atoms with Crippen molar-refractivity contribution in [3.05, 3.63) is 29.7 Å². The first-order valence-corrected chi connectivity index (χ1v) is 7.81. The lowest BCUT2D eigenvalue weighted by atomic mass is 10.1. The molecule has 26 heavy (non-hydrogen) atoms. The number of carboxylic acid groups (broad SMARTS) is 1. The highest BCUT2D eigenvalue weighted by Gasteiger charge is 2.46. The zero-order valence-corrected chi connectivity index (χ0v) is 13.9. The molecular formula is C15H16F3N5O3. The van der Waals surface area contributed by atoms with E-state index in [9.17, 15) is 22.8 Å². The summed E-state index contributed by atoms with van der Waals surface area (Å²) >= 11 is 0. The monoisotopic (exact) mass is 371 g/mol. The minimum Gasteiger partial charge on any atom is -0.480 e. The van der Waals surface area contributed by atoms with Gasteiger partial charge in [-0.05, 0) is 20.3 Å². The summed E-state index contributed by atoms with van der Waals surface area (Å²) in [5, 5.41) is 16.7. The fourth-order valence-electron chi connectivity index (χ4n) is 2.86. The molecule has 0 aromatic carbocycles. The number of aryl methyl sites for hydroxylation is 1. The number of hydrogen-bond acceptors (Lipinski definition) is 4. The van der Waals surface area contributed by atoms with Crippen LogP contribution in [-0.4, -0.2) is 49.3 Å². The summed E-state index contributed by atoms with van der Waals surface area (Å²) in [5.74, 6) is -1.62. The normalized spacial score (nSPS) is 18.5. The van der Waals surface area contributed by atoms with Gasteiger partial charge in [0.25, 0.3) is 5.91 Å². The molecule has 0 saturated carbocycles. The van der Waals surface area contributed by atoms with Crippen LogP contribution < -0.4 is 4.90 Å². The minimum atomic E-state index is -4.47. The zero-order valence-electron chi connectivity index (χ0n) is 13.9. The average molecular weight is 371 g/mol. The second-order valence-corrected chi connectivity index (χ2v) is 6.11. The fourth-order valence-corrected chi connectivity index (χ4v) is 2.86. The van der Waals surface area contributed by atoms with E-state index in [1.54, 1.807) is 6.92 Å². The van der Waals surface area contributed by atoms with Crippen molar-refractivity contribution in [2.45, 2.75) is 38.5 Å². The zero-order chi connectivity index (χ0) is 19.2. The lowest BCUT2D eigenvalue weighted by molar-refractivity contribution is -0.172. The molecule has 0 fully saturated rings. The van der Waals surface area contributed by atoms with Crippen LogP contribution in [0, 0.1) is 6.92 Å². The van der Waals surface area contributed by atoms with E-state index >= 15 is 0 Å². The Labute approximate surface area is 145 Å². The number of nitrogens with zero attached hydrogens (tertiary/aromatic N) is 5. The Balaban J connectivity index is 1.92. The van der Waals surface area contributed by atoms with Gasteiger partial charge >= 0.3 is 12.1 Å². The van der Waals surface area contributed by atoms with Gasteiger partial charge in [-0.1, -0.05) is 0 Å². The third kappa shape index (κ3) is 3.04. The third-order valence-corrected chi connectivity index (χ3v) is 4.26. The third-order valence-electron chi connectivity index (χ3n) is 4.26. The van der Waals surface area contributed by atoms with Crippen LogP contribution in [0.3, 0.4) is 0 Å². The summed E-state index contributed by atoms with van der Waals surface area (Å²) in [6.07, 6.45) is -2.32. The molecule has 1 amide bonds. The number of aromatic nitrogens is 4. The average Bonchev–Trinajstić information content (AvgIpc) is 3.17. The van der Waals surface area contributed by atoms with Gasteiger partial charge in [-0.15, -0.1) is 0 Å². The van der Waals surface area contributed by atoms with E-state index in [0.717, 1.165) is 9.36 Å². The van der Waals surface area contributed by atoms with E-state index in [2.05, 4.69) is 10.2 Å². The van der Waals surface area contributed by atoms with Crippen molar-refractivity contribution in [1.82, 2.24) is 19.6 Å².